The van der Waals surface area contributed by atoms with Crippen LogP contribution in [0, 0.1) is 0 Å². The lowest BCUT2D eigenvalue weighted by molar-refractivity contribution is 0.355. The Morgan fingerprint density at radius 1 is 0.750 bits per heavy atom. The van der Waals surface area contributed by atoms with Crippen LogP contribution >= 0.6 is 0 Å². The van der Waals surface area contributed by atoms with E-state index in [1.165, 1.54) is 34.9 Å². The third kappa shape index (κ3) is 3.68. The van der Waals surface area contributed by atoms with Crippen LogP contribution in [0.2, 0.25) is 0 Å². The lowest BCUT2D eigenvalue weighted by Gasteiger charge is -2.36. The topological polar surface area (TPSA) is 47.1 Å². The predicted octanol–water partition coefficient (Wildman–Crippen LogP) is 1.61. The van der Waals surface area contributed by atoms with Crippen LogP contribution in [-0.4, -0.2) is 70.4 Å². The van der Waals surface area contributed by atoms with E-state index in [1.54, 1.807) is 18.4 Å². The highest BCUT2D eigenvalue weighted by Gasteiger charge is 2.28. The number of rotatable bonds is 4. The van der Waals surface area contributed by atoms with Crippen molar-refractivity contribution >= 4 is 21.6 Å². The second-order valence-electron chi connectivity index (χ2n) is 6.74. The fourth-order valence-electron chi connectivity index (χ4n) is 3.43. The van der Waals surface area contributed by atoms with Crippen LogP contribution in [0.15, 0.2) is 24.3 Å². The Morgan fingerprint density at radius 3 is 1.67 bits per heavy atom. The van der Waals surface area contributed by atoms with Crippen molar-refractivity contribution in [1.29, 1.82) is 0 Å². The monoisotopic (exact) mass is 352 g/mol. The Balaban J connectivity index is 1.60. The molecule has 7 heteroatoms. The highest BCUT2D eigenvalue weighted by molar-refractivity contribution is 7.86. The molecule has 2 aliphatic rings. The minimum absolute atomic E-state index is 0.536. The van der Waals surface area contributed by atoms with Gasteiger partial charge < -0.3 is 9.80 Å². The predicted molar refractivity (Wildman–Crippen MR) is 98.9 cm³/mol. The van der Waals surface area contributed by atoms with Gasteiger partial charge in [-0.3, -0.25) is 0 Å². The van der Waals surface area contributed by atoms with E-state index >= 15 is 0 Å². The van der Waals surface area contributed by atoms with Crippen molar-refractivity contribution < 1.29 is 8.42 Å². The summed E-state index contributed by atoms with van der Waals surface area (Å²) in [4.78, 5) is 4.72. The smallest absolute Gasteiger partial charge is 0.281 e. The molecule has 0 aliphatic carbocycles. The van der Waals surface area contributed by atoms with Crippen molar-refractivity contribution in [3.8, 4) is 0 Å². The van der Waals surface area contributed by atoms with E-state index < -0.39 is 10.2 Å². The molecule has 24 heavy (non-hydrogen) atoms. The fraction of sp³-hybridized carbons (Fsp3) is 0.647. The number of hydrogen-bond acceptors (Lipinski definition) is 4. The Bertz CT molecular complexity index is 631. The molecule has 2 saturated heterocycles. The highest BCUT2D eigenvalue weighted by atomic mass is 32.2. The van der Waals surface area contributed by atoms with E-state index in [1.807, 2.05) is 0 Å². The number of piperazine rings is 1. The van der Waals surface area contributed by atoms with Gasteiger partial charge in [0.05, 0.1) is 0 Å². The van der Waals surface area contributed by atoms with Crippen LogP contribution in [0.25, 0.3) is 0 Å². The number of hydrogen-bond donors (Lipinski definition) is 0. The van der Waals surface area contributed by atoms with E-state index in [-0.39, 0.29) is 0 Å². The minimum Gasteiger partial charge on any atom is -0.372 e. The molecule has 0 aromatic heterocycles. The molecular weight excluding hydrogens is 324 g/mol. The van der Waals surface area contributed by atoms with Gasteiger partial charge in [0, 0.05) is 64.7 Å². The first kappa shape index (κ1) is 17.5. The molecule has 2 fully saturated rings. The molecule has 0 spiro atoms. The van der Waals surface area contributed by atoms with Crippen LogP contribution in [0.1, 0.15) is 19.3 Å². The molecule has 0 atom stereocenters. The van der Waals surface area contributed by atoms with Gasteiger partial charge in [-0.2, -0.15) is 17.0 Å². The molecule has 1 aromatic rings. The summed E-state index contributed by atoms with van der Waals surface area (Å²) in [6, 6.07) is 8.73. The second-order valence-corrected chi connectivity index (χ2v) is 8.88. The van der Waals surface area contributed by atoms with Gasteiger partial charge in [-0.25, -0.2) is 0 Å². The van der Waals surface area contributed by atoms with Crippen molar-refractivity contribution in [3.63, 3.8) is 0 Å². The number of nitrogens with zero attached hydrogens (tertiary/aromatic N) is 4. The zero-order chi connectivity index (χ0) is 17.2. The van der Waals surface area contributed by atoms with E-state index in [9.17, 15) is 8.42 Å². The van der Waals surface area contributed by atoms with Gasteiger partial charge in [0.25, 0.3) is 10.2 Å². The summed E-state index contributed by atoms with van der Waals surface area (Å²) in [7, 11) is -0.125. The van der Waals surface area contributed by atoms with Gasteiger partial charge in [-0.15, -0.1) is 0 Å². The second kappa shape index (κ2) is 7.29. The van der Waals surface area contributed by atoms with Crippen LogP contribution < -0.4 is 9.80 Å². The molecule has 6 nitrogen and oxygen atoms in total. The molecule has 134 valence electrons. The lowest BCUT2D eigenvalue weighted by atomic mass is 10.1. The van der Waals surface area contributed by atoms with Crippen LogP contribution in [-0.2, 0) is 10.2 Å². The molecule has 2 heterocycles. The summed E-state index contributed by atoms with van der Waals surface area (Å²) in [5.41, 5.74) is 2.48. The number of anilines is 2. The van der Waals surface area contributed by atoms with Crippen LogP contribution in [0.5, 0.6) is 0 Å². The van der Waals surface area contributed by atoms with Gasteiger partial charge >= 0.3 is 0 Å². The third-order valence-corrected chi connectivity index (χ3v) is 6.90. The Labute approximate surface area is 145 Å². The van der Waals surface area contributed by atoms with Gasteiger partial charge in [-0.1, -0.05) is 0 Å². The molecule has 0 saturated carbocycles. The zero-order valence-electron chi connectivity index (χ0n) is 14.7. The summed E-state index contributed by atoms with van der Waals surface area (Å²) in [6.45, 7) is 4.84. The quantitative estimate of drug-likeness (QED) is 0.826. The van der Waals surface area contributed by atoms with Crippen molar-refractivity contribution in [2.75, 3.05) is 63.2 Å². The SMILES string of the molecule is CN(C)S(=O)(=O)N1CCN(c2ccc(N3CCCCC3)cc2)CC1. The molecule has 0 unspecified atom stereocenters. The van der Waals surface area contributed by atoms with E-state index in [0.717, 1.165) is 26.2 Å². The normalized spacial score (nSPS) is 20.6. The van der Waals surface area contributed by atoms with Crippen molar-refractivity contribution in [2.45, 2.75) is 19.3 Å². The van der Waals surface area contributed by atoms with E-state index in [4.69, 9.17) is 0 Å². The van der Waals surface area contributed by atoms with Gasteiger partial charge in [0.15, 0.2) is 0 Å². The minimum atomic E-state index is -3.29. The first-order chi connectivity index (χ1) is 11.5. The first-order valence-electron chi connectivity index (χ1n) is 8.76. The molecule has 0 amide bonds. The molecule has 0 radical (unpaired) electrons. The maximum atomic E-state index is 12.2. The molecule has 2 aliphatic heterocycles. The molecule has 0 N–H and O–H groups in total. The van der Waals surface area contributed by atoms with Crippen molar-refractivity contribution in [3.05, 3.63) is 24.3 Å². The van der Waals surface area contributed by atoms with Gasteiger partial charge in [0.1, 0.15) is 0 Å². The molecule has 1 aromatic carbocycles. The Hall–Kier alpha value is -1.31. The highest BCUT2D eigenvalue weighted by Crippen LogP contribution is 2.24. The maximum absolute atomic E-state index is 12.2. The average molecular weight is 353 g/mol. The summed E-state index contributed by atoms with van der Waals surface area (Å²) in [5, 5.41) is 0. The number of benzene rings is 1. The van der Waals surface area contributed by atoms with E-state index in [2.05, 4.69) is 34.1 Å². The van der Waals surface area contributed by atoms with Crippen LogP contribution in [0.3, 0.4) is 0 Å². The summed E-state index contributed by atoms with van der Waals surface area (Å²) < 4.78 is 27.2. The maximum Gasteiger partial charge on any atom is 0.281 e. The summed E-state index contributed by atoms with van der Waals surface area (Å²) in [6.07, 6.45) is 3.91. The summed E-state index contributed by atoms with van der Waals surface area (Å²) in [5.74, 6) is 0. The van der Waals surface area contributed by atoms with Crippen molar-refractivity contribution in [2.24, 2.45) is 0 Å². The van der Waals surface area contributed by atoms with Gasteiger partial charge in [-0.05, 0) is 43.5 Å². The molecular formula is C17H28N4O2S. The standard InChI is InChI=1S/C17H28N4O2S/c1-18(2)24(22,23)21-14-12-20(13-15-21)17-8-6-16(7-9-17)19-10-4-3-5-11-19/h6-9H,3-5,10-15H2,1-2H3. The zero-order valence-corrected chi connectivity index (χ0v) is 15.5. The largest absolute Gasteiger partial charge is 0.372 e. The first-order valence-corrected chi connectivity index (χ1v) is 10.2. The Kier molecular flexibility index (Phi) is 5.32. The van der Waals surface area contributed by atoms with Crippen molar-refractivity contribution in [1.82, 2.24) is 8.61 Å². The average Bonchev–Trinajstić information content (AvgIpc) is 2.62. The molecule has 3 rings (SSSR count). The van der Waals surface area contributed by atoms with E-state index in [0.29, 0.717) is 13.1 Å². The number of piperidine rings is 1. The third-order valence-electron chi connectivity index (χ3n) is 4.96. The van der Waals surface area contributed by atoms with Gasteiger partial charge in [0.2, 0.25) is 0 Å². The molecule has 0 bridgehead atoms. The lowest BCUT2D eigenvalue weighted by Crippen LogP contribution is -2.51. The fourth-order valence-corrected chi connectivity index (χ4v) is 4.52. The summed E-state index contributed by atoms with van der Waals surface area (Å²) >= 11 is 0. The Morgan fingerprint density at radius 2 is 1.21 bits per heavy atom. The van der Waals surface area contributed by atoms with Crippen LogP contribution in [0.4, 0.5) is 11.4 Å².